The maximum atomic E-state index is 13.6. The van der Waals surface area contributed by atoms with Gasteiger partial charge in [0.05, 0.1) is 85.7 Å². The van der Waals surface area contributed by atoms with Crippen molar-refractivity contribution in [2.75, 3.05) is 39.6 Å². The number of esters is 1. The normalized spacial score (nSPS) is 36.9. The van der Waals surface area contributed by atoms with Crippen molar-refractivity contribution in [1.29, 1.82) is 0 Å². The van der Waals surface area contributed by atoms with Crippen LogP contribution in [0.5, 0.6) is 0 Å². The summed E-state index contributed by atoms with van der Waals surface area (Å²) >= 11 is 0. The van der Waals surface area contributed by atoms with E-state index in [-0.39, 0.29) is 38.5 Å². The summed E-state index contributed by atoms with van der Waals surface area (Å²) in [6.45, 7) is 4.08. The van der Waals surface area contributed by atoms with E-state index in [4.69, 9.17) is 28.4 Å². The van der Waals surface area contributed by atoms with Crippen LogP contribution < -0.4 is 26.6 Å². The fourth-order valence-electron chi connectivity index (χ4n) is 13.9. The van der Waals surface area contributed by atoms with Gasteiger partial charge in [0, 0.05) is 97.6 Å². The molecular formula is C63H109N5O23. The van der Waals surface area contributed by atoms with Crippen LogP contribution >= 0.6 is 0 Å². The Kier molecular flexibility index (Phi) is 32.8. The van der Waals surface area contributed by atoms with Gasteiger partial charge in [-0.25, -0.2) is 0 Å². The second kappa shape index (κ2) is 38.5. The number of aliphatic hydroxyl groups excluding tert-OH is 11. The monoisotopic (exact) mass is 1300 g/mol. The van der Waals surface area contributed by atoms with Crippen molar-refractivity contribution in [3.63, 3.8) is 0 Å². The highest BCUT2D eigenvalue weighted by molar-refractivity contribution is 5.76. The fraction of sp³-hybridized carbons (Fsp3) is 0.873. The molecule has 5 amide bonds. The standard InChI is InChI=1S/C63H109N5O23/c1-7-8-9-10-11-12-13-14-15-16-17-18-19-20-21-22-48(81)68-50-44(80)27-63(32-73,33-86-38(6)78)91-62(50)90-61-42(31-72)26-47(53(57(61)85)67-37(5)77)89-60-41(30-71)25-46(52(56(60)84)66-36(4)76)88-59-40(29-70)24-45(51(55(59)83)65-35(3)75)87-58-39(28-69)23-43(79)49(54(58)82)64-34(2)74/h12-13,39-47,49-62,69-73,79-80,82-85H,7-11,14-33H2,1-6H3,(H,64,74)(H,65,75)(H,66,76)(H,67,77)(H,68,81)/b13-12-/t39?,40?,41?,42?,43-,44?,45-,46-,47-,49-,50?,51?,52?,53?,54?,55?,56?,57?,58-,59-,60-,61-,62-,63?/m1/s1. The minimum atomic E-state index is -1.79. The highest BCUT2D eigenvalue weighted by Gasteiger charge is 2.57. The molecule has 524 valence electrons. The van der Waals surface area contributed by atoms with Gasteiger partial charge in [0.15, 0.2) is 6.29 Å². The van der Waals surface area contributed by atoms with E-state index in [1.165, 1.54) is 39.5 Å². The Morgan fingerprint density at radius 3 is 1.23 bits per heavy atom. The van der Waals surface area contributed by atoms with Gasteiger partial charge in [0.25, 0.3) is 0 Å². The van der Waals surface area contributed by atoms with Gasteiger partial charge >= 0.3 is 5.97 Å². The highest BCUT2D eigenvalue weighted by atomic mass is 16.7. The number of allylic oxidation sites excluding steroid dienone is 2. The first-order chi connectivity index (χ1) is 43.4. The summed E-state index contributed by atoms with van der Waals surface area (Å²) in [5.74, 6) is -7.73. The number of hydrogen-bond donors (Lipinski definition) is 16. The number of nitrogens with one attached hydrogen (secondary N) is 5. The maximum Gasteiger partial charge on any atom is 0.302 e. The molecule has 91 heavy (non-hydrogen) atoms. The van der Waals surface area contributed by atoms with E-state index in [1.54, 1.807) is 0 Å². The number of unbranched alkanes of at least 4 members (excludes halogenated alkanes) is 11. The molecule has 5 aliphatic rings. The minimum Gasteiger partial charge on any atom is -0.463 e. The Morgan fingerprint density at radius 2 is 0.835 bits per heavy atom. The minimum absolute atomic E-state index is 0.0855. The Bertz CT molecular complexity index is 2280. The number of ether oxygens (including phenoxy) is 6. The summed E-state index contributed by atoms with van der Waals surface area (Å²) in [6, 6.07) is -6.66. The van der Waals surface area contributed by atoms with Crippen molar-refractivity contribution in [3.8, 4) is 0 Å². The van der Waals surface area contributed by atoms with E-state index < -0.39 is 220 Å². The van der Waals surface area contributed by atoms with Crippen molar-refractivity contribution >= 4 is 35.5 Å². The van der Waals surface area contributed by atoms with Gasteiger partial charge in [-0.15, -0.1) is 0 Å². The summed E-state index contributed by atoms with van der Waals surface area (Å²) in [5.41, 5.74) is -1.77. The van der Waals surface area contributed by atoms with Crippen LogP contribution in [0.3, 0.4) is 0 Å². The molecule has 28 heteroatoms. The number of rotatable bonds is 35. The Labute approximate surface area is 534 Å². The Hall–Kier alpha value is -4.08. The lowest BCUT2D eigenvalue weighted by Gasteiger charge is -2.52. The van der Waals surface area contributed by atoms with Crippen LogP contribution in [0.15, 0.2) is 12.2 Å². The second-order valence-corrected chi connectivity index (χ2v) is 26.0. The van der Waals surface area contributed by atoms with E-state index in [0.29, 0.717) is 6.42 Å². The molecule has 24 atom stereocenters. The van der Waals surface area contributed by atoms with Crippen LogP contribution in [0.25, 0.3) is 0 Å². The number of carbonyl (C=O) groups excluding carboxylic acids is 6. The van der Waals surface area contributed by atoms with E-state index in [2.05, 4.69) is 45.7 Å². The molecule has 5 rings (SSSR count). The van der Waals surface area contributed by atoms with Crippen molar-refractivity contribution in [2.45, 2.75) is 285 Å². The van der Waals surface area contributed by atoms with E-state index in [1.807, 2.05) is 0 Å². The molecule has 0 aromatic rings. The molecule has 4 aliphatic carbocycles. The number of carbonyl (C=O) groups is 6. The van der Waals surface area contributed by atoms with Crippen LogP contribution in [0.2, 0.25) is 0 Å². The van der Waals surface area contributed by atoms with Gasteiger partial charge in [-0.05, 0) is 57.8 Å². The van der Waals surface area contributed by atoms with Crippen LogP contribution in [0.4, 0.5) is 0 Å². The molecule has 16 N–H and O–H groups in total. The Morgan fingerprint density at radius 1 is 0.462 bits per heavy atom. The third-order valence-corrected chi connectivity index (χ3v) is 18.6. The highest BCUT2D eigenvalue weighted by Crippen LogP contribution is 2.42. The molecule has 0 aromatic heterocycles. The third kappa shape index (κ3) is 22.5. The van der Waals surface area contributed by atoms with E-state index in [0.717, 1.165) is 72.1 Å². The van der Waals surface area contributed by atoms with Crippen LogP contribution in [-0.2, 0) is 57.2 Å². The molecule has 28 nitrogen and oxygen atoms in total. The smallest absolute Gasteiger partial charge is 0.302 e. The first-order valence-electron chi connectivity index (χ1n) is 32.9. The number of amides is 5. The summed E-state index contributed by atoms with van der Waals surface area (Å²) < 4.78 is 37.6. The average molecular weight is 1300 g/mol. The molecule has 4 saturated carbocycles. The zero-order valence-electron chi connectivity index (χ0n) is 53.9. The maximum absolute atomic E-state index is 13.6. The average Bonchev–Trinajstić information content (AvgIpc) is 1.01. The lowest BCUT2D eigenvalue weighted by atomic mass is 9.75. The summed E-state index contributed by atoms with van der Waals surface area (Å²) in [5, 5.41) is 138. The Balaban J connectivity index is 1.32. The van der Waals surface area contributed by atoms with Gasteiger partial charge in [-0.1, -0.05) is 70.4 Å². The van der Waals surface area contributed by atoms with Gasteiger partial charge in [0.1, 0.15) is 42.7 Å². The molecule has 5 fully saturated rings. The molecule has 1 aliphatic heterocycles. The molecule has 0 spiro atoms. The van der Waals surface area contributed by atoms with Crippen LogP contribution in [0.1, 0.15) is 164 Å². The summed E-state index contributed by atoms with van der Waals surface area (Å²) in [6.07, 6.45) is -3.22. The quantitative estimate of drug-likeness (QED) is 0.0194. The first kappa shape index (κ1) is 77.6. The number of aliphatic hydroxyl groups is 11. The molecule has 1 heterocycles. The first-order valence-corrected chi connectivity index (χ1v) is 32.9. The predicted octanol–water partition coefficient (Wildman–Crippen LogP) is -1.57. The zero-order chi connectivity index (χ0) is 67.1. The topological polar surface area (TPSA) is 440 Å². The zero-order valence-corrected chi connectivity index (χ0v) is 53.9. The van der Waals surface area contributed by atoms with Crippen molar-refractivity contribution in [3.05, 3.63) is 12.2 Å². The molecule has 14 unspecified atom stereocenters. The SMILES string of the molecule is CCCCCC/C=C\CCCCCCCCCC(=O)NC1C(O)CC(CO)(COC(C)=O)O[C@H]1O[C@@H]1C(CO)C[C@@H](O[C@@H]2C(CO)C[C@@H](O[C@@H]3C(CO)C[C@@H](O[C@@H]4C(CO)C[C@@H](O)[C@@H](NC(C)=O)C4O)C(NC(C)=O)C3O)C(NC(C)=O)C2O)C(NC(C)=O)C1O. The third-order valence-electron chi connectivity index (χ3n) is 18.6. The number of hydrogen-bond acceptors (Lipinski definition) is 23. The predicted molar refractivity (Wildman–Crippen MR) is 325 cm³/mol. The van der Waals surface area contributed by atoms with Gasteiger partial charge in [0.2, 0.25) is 29.5 Å². The van der Waals surface area contributed by atoms with Gasteiger partial charge < -0.3 is 111 Å². The molecule has 0 radical (unpaired) electrons. The van der Waals surface area contributed by atoms with Crippen LogP contribution in [0, 0.1) is 23.7 Å². The van der Waals surface area contributed by atoms with Crippen molar-refractivity contribution in [2.24, 2.45) is 23.7 Å². The fourth-order valence-corrected chi connectivity index (χ4v) is 13.9. The summed E-state index contributed by atoms with van der Waals surface area (Å²) in [7, 11) is 0. The van der Waals surface area contributed by atoms with Gasteiger partial charge in [-0.2, -0.15) is 0 Å². The van der Waals surface area contributed by atoms with Crippen LogP contribution in [-0.4, -0.2) is 253 Å². The van der Waals surface area contributed by atoms with E-state index in [9.17, 15) is 84.9 Å². The lowest BCUT2D eigenvalue weighted by Crippen LogP contribution is -2.69. The molecule has 0 aromatic carbocycles. The lowest BCUT2D eigenvalue weighted by molar-refractivity contribution is -0.316. The molecular weight excluding hydrogens is 1190 g/mol. The van der Waals surface area contributed by atoms with Crippen molar-refractivity contribution < 1.29 is 113 Å². The van der Waals surface area contributed by atoms with Gasteiger partial charge in [-0.3, -0.25) is 28.8 Å². The molecule has 0 bridgehead atoms. The molecule has 1 saturated heterocycles. The van der Waals surface area contributed by atoms with Crippen molar-refractivity contribution in [1.82, 2.24) is 26.6 Å². The van der Waals surface area contributed by atoms with E-state index >= 15 is 0 Å². The second-order valence-electron chi connectivity index (χ2n) is 26.0. The summed E-state index contributed by atoms with van der Waals surface area (Å²) in [4.78, 5) is 76.4. The largest absolute Gasteiger partial charge is 0.463 e.